The molecule has 0 aliphatic heterocycles. The van der Waals surface area contributed by atoms with Gasteiger partial charge in [0.2, 0.25) is 0 Å². The highest BCUT2D eigenvalue weighted by Gasteiger charge is 2.35. The minimum absolute atomic E-state index is 0.116. The molecular formula is C13H14O. The lowest BCUT2D eigenvalue weighted by molar-refractivity contribution is 0.0927. The maximum atomic E-state index is 11.9. The van der Waals surface area contributed by atoms with Gasteiger partial charge in [-0.2, -0.15) is 0 Å². The summed E-state index contributed by atoms with van der Waals surface area (Å²) >= 11 is 0. The SMILES string of the molecule is C=C[C@@H]1c2ccccc2C(=O)[C@H]1CC. The predicted octanol–water partition coefficient (Wildman–Crippen LogP) is 3.18. The molecule has 2 rings (SSSR count). The third-order valence-corrected chi connectivity index (χ3v) is 3.05. The average Bonchev–Trinajstić information content (AvgIpc) is 2.51. The first-order valence-corrected chi connectivity index (χ1v) is 5.05. The molecule has 0 amide bonds. The van der Waals surface area contributed by atoms with Crippen LogP contribution in [0.25, 0.3) is 0 Å². The van der Waals surface area contributed by atoms with Crippen molar-refractivity contribution >= 4 is 5.78 Å². The van der Waals surface area contributed by atoms with Gasteiger partial charge < -0.3 is 0 Å². The van der Waals surface area contributed by atoms with E-state index in [-0.39, 0.29) is 17.6 Å². The van der Waals surface area contributed by atoms with Gasteiger partial charge in [-0.15, -0.1) is 6.58 Å². The number of ketones is 1. The van der Waals surface area contributed by atoms with Crippen LogP contribution in [0.2, 0.25) is 0 Å². The van der Waals surface area contributed by atoms with E-state index in [2.05, 4.69) is 13.5 Å². The molecule has 2 atom stereocenters. The summed E-state index contributed by atoms with van der Waals surface area (Å²) in [5.41, 5.74) is 2.05. The zero-order valence-electron chi connectivity index (χ0n) is 8.36. The van der Waals surface area contributed by atoms with E-state index < -0.39 is 0 Å². The van der Waals surface area contributed by atoms with E-state index in [0.29, 0.717) is 0 Å². The zero-order chi connectivity index (χ0) is 10.1. The Morgan fingerprint density at radius 2 is 2.14 bits per heavy atom. The van der Waals surface area contributed by atoms with Gasteiger partial charge in [-0.25, -0.2) is 0 Å². The summed E-state index contributed by atoms with van der Waals surface area (Å²) in [6, 6.07) is 7.87. The zero-order valence-corrected chi connectivity index (χ0v) is 8.36. The highest BCUT2D eigenvalue weighted by atomic mass is 16.1. The molecule has 0 radical (unpaired) electrons. The Balaban J connectivity index is 2.54. The van der Waals surface area contributed by atoms with E-state index in [0.717, 1.165) is 17.5 Å². The molecule has 0 fully saturated rings. The Kier molecular flexibility index (Phi) is 2.24. The predicted molar refractivity (Wildman–Crippen MR) is 57.5 cm³/mol. The van der Waals surface area contributed by atoms with Crippen molar-refractivity contribution < 1.29 is 4.79 Å². The molecule has 72 valence electrons. The summed E-state index contributed by atoms with van der Waals surface area (Å²) in [6.45, 7) is 5.88. The van der Waals surface area contributed by atoms with Crippen LogP contribution in [0.15, 0.2) is 36.9 Å². The number of hydrogen-bond donors (Lipinski definition) is 0. The average molecular weight is 186 g/mol. The molecule has 1 aliphatic rings. The molecule has 0 saturated carbocycles. The first-order chi connectivity index (χ1) is 6.79. The molecule has 1 aliphatic carbocycles. The lowest BCUT2D eigenvalue weighted by atomic mass is 9.90. The Hall–Kier alpha value is -1.37. The maximum absolute atomic E-state index is 11.9. The smallest absolute Gasteiger partial charge is 0.167 e. The fraction of sp³-hybridized carbons (Fsp3) is 0.308. The first-order valence-electron chi connectivity index (χ1n) is 5.05. The summed E-state index contributed by atoms with van der Waals surface area (Å²) in [5, 5.41) is 0. The third-order valence-electron chi connectivity index (χ3n) is 3.05. The number of fused-ring (bicyclic) bond motifs is 1. The second-order valence-corrected chi connectivity index (χ2v) is 3.73. The molecule has 14 heavy (non-hydrogen) atoms. The summed E-state index contributed by atoms with van der Waals surface area (Å²) in [7, 11) is 0. The van der Waals surface area contributed by atoms with Crippen LogP contribution in [0, 0.1) is 5.92 Å². The van der Waals surface area contributed by atoms with Crippen molar-refractivity contribution in [2.24, 2.45) is 5.92 Å². The van der Waals surface area contributed by atoms with Crippen LogP contribution in [0.5, 0.6) is 0 Å². The second-order valence-electron chi connectivity index (χ2n) is 3.73. The van der Waals surface area contributed by atoms with Crippen molar-refractivity contribution in [3.63, 3.8) is 0 Å². The van der Waals surface area contributed by atoms with Crippen molar-refractivity contribution in [1.82, 2.24) is 0 Å². The number of allylic oxidation sites excluding steroid dienone is 1. The summed E-state index contributed by atoms with van der Waals surface area (Å²) in [4.78, 5) is 11.9. The van der Waals surface area contributed by atoms with Crippen LogP contribution in [-0.4, -0.2) is 5.78 Å². The molecule has 0 spiro atoms. The molecule has 0 bridgehead atoms. The topological polar surface area (TPSA) is 17.1 Å². The molecule has 0 heterocycles. The van der Waals surface area contributed by atoms with Crippen LogP contribution in [0.4, 0.5) is 0 Å². The van der Waals surface area contributed by atoms with Gasteiger partial charge in [-0.3, -0.25) is 4.79 Å². The third kappa shape index (κ3) is 1.12. The molecule has 0 N–H and O–H groups in total. The van der Waals surface area contributed by atoms with Crippen molar-refractivity contribution in [3.05, 3.63) is 48.0 Å². The van der Waals surface area contributed by atoms with Gasteiger partial charge >= 0.3 is 0 Å². The highest BCUT2D eigenvalue weighted by molar-refractivity contribution is 6.03. The number of rotatable bonds is 2. The molecule has 1 aromatic carbocycles. The normalized spacial score (nSPS) is 24.8. The van der Waals surface area contributed by atoms with E-state index in [4.69, 9.17) is 0 Å². The number of hydrogen-bond acceptors (Lipinski definition) is 1. The Morgan fingerprint density at radius 1 is 1.43 bits per heavy atom. The van der Waals surface area contributed by atoms with Crippen molar-refractivity contribution in [2.75, 3.05) is 0 Å². The van der Waals surface area contributed by atoms with Crippen LogP contribution >= 0.6 is 0 Å². The van der Waals surface area contributed by atoms with E-state index in [1.54, 1.807) is 0 Å². The minimum Gasteiger partial charge on any atom is -0.294 e. The maximum Gasteiger partial charge on any atom is 0.167 e. The van der Waals surface area contributed by atoms with E-state index >= 15 is 0 Å². The second kappa shape index (κ2) is 3.41. The molecule has 0 saturated heterocycles. The van der Waals surface area contributed by atoms with Gasteiger partial charge in [0.15, 0.2) is 5.78 Å². The van der Waals surface area contributed by atoms with Crippen LogP contribution in [0.1, 0.15) is 35.2 Å². The van der Waals surface area contributed by atoms with Crippen molar-refractivity contribution in [2.45, 2.75) is 19.3 Å². The minimum atomic E-state index is 0.116. The molecular weight excluding hydrogens is 172 g/mol. The Bertz CT molecular complexity index is 379. The van der Waals surface area contributed by atoms with Gasteiger partial charge in [0, 0.05) is 17.4 Å². The Labute approximate surface area is 84.5 Å². The summed E-state index contributed by atoms with van der Waals surface area (Å²) in [6.07, 6.45) is 2.79. The van der Waals surface area contributed by atoms with Gasteiger partial charge in [-0.05, 0) is 12.0 Å². The van der Waals surface area contributed by atoms with Gasteiger partial charge in [-0.1, -0.05) is 37.3 Å². The summed E-state index contributed by atoms with van der Waals surface area (Å²) < 4.78 is 0. The first kappa shape index (κ1) is 9.20. The molecule has 1 aromatic rings. The molecule has 1 heteroatoms. The fourth-order valence-corrected chi connectivity index (χ4v) is 2.32. The van der Waals surface area contributed by atoms with Gasteiger partial charge in [0.1, 0.15) is 0 Å². The largest absolute Gasteiger partial charge is 0.294 e. The van der Waals surface area contributed by atoms with E-state index in [9.17, 15) is 4.79 Å². The monoisotopic (exact) mass is 186 g/mol. The van der Waals surface area contributed by atoms with E-state index in [1.165, 1.54) is 0 Å². The molecule has 0 unspecified atom stereocenters. The Morgan fingerprint density at radius 3 is 2.79 bits per heavy atom. The molecule has 1 nitrogen and oxygen atoms in total. The van der Waals surface area contributed by atoms with Crippen LogP contribution < -0.4 is 0 Å². The fourth-order valence-electron chi connectivity index (χ4n) is 2.32. The standard InChI is InChI=1S/C13H14O/c1-3-9-10(4-2)13(14)12-8-6-5-7-11(9)12/h3,5-10H,1,4H2,2H3/t9-,10-/m0/s1. The number of Topliss-reactive ketones (excluding diaryl/α,β-unsaturated/α-hetero) is 1. The lowest BCUT2D eigenvalue weighted by Gasteiger charge is -2.12. The number of carbonyl (C=O) groups is 1. The lowest BCUT2D eigenvalue weighted by Crippen LogP contribution is -2.10. The van der Waals surface area contributed by atoms with Crippen molar-refractivity contribution in [3.8, 4) is 0 Å². The van der Waals surface area contributed by atoms with Gasteiger partial charge in [0.05, 0.1) is 0 Å². The summed E-state index contributed by atoms with van der Waals surface area (Å²) in [5.74, 6) is 0.626. The van der Waals surface area contributed by atoms with E-state index in [1.807, 2.05) is 30.3 Å². The van der Waals surface area contributed by atoms with Crippen LogP contribution in [-0.2, 0) is 0 Å². The van der Waals surface area contributed by atoms with Gasteiger partial charge in [0.25, 0.3) is 0 Å². The number of benzene rings is 1. The number of carbonyl (C=O) groups excluding carboxylic acids is 1. The van der Waals surface area contributed by atoms with Crippen molar-refractivity contribution in [1.29, 1.82) is 0 Å². The highest BCUT2D eigenvalue weighted by Crippen LogP contribution is 2.39. The quantitative estimate of drug-likeness (QED) is 0.648. The van der Waals surface area contributed by atoms with Crippen LogP contribution in [0.3, 0.4) is 0 Å². The molecule has 0 aromatic heterocycles.